The molecule has 156 valence electrons. The van der Waals surface area contributed by atoms with Gasteiger partial charge in [0, 0.05) is 11.1 Å². The van der Waals surface area contributed by atoms with Crippen LogP contribution in [0.3, 0.4) is 0 Å². The number of methoxy groups -OCH3 is 2. The zero-order valence-electron chi connectivity index (χ0n) is 16.2. The van der Waals surface area contributed by atoms with Gasteiger partial charge in [-0.25, -0.2) is 0 Å². The number of thioether (sulfide) groups is 2. The molecule has 0 unspecified atom stereocenters. The molecule has 0 atom stereocenters. The number of rotatable bonds is 10. The van der Waals surface area contributed by atoms with E-state index in [1.165, 1.54) is 46.2 Å². The molecule has 1 aromatic heterocycles. The van der Waals surface area contributed by atoms with E-state index in [0.717, 1.165) is 23.1 Å². The summed E-state index contributed by atoms with van der Waals surface area (Å²) in [6, 6.07) is 14.2. The van der Waals surface area contributed by atoms with Gasteiger partial charge in [-0.15, -0.1) is 46.2 Å². The third kappa shape index (κ3) is 6.18. The second-order valence-electron chi connectivity index (χ2n) is 5.91. The van der Waals surface area contributed by atoms with E-state index in [4.69, 9.17) is 21.7 Å². The molecular formula is C21H18O4S5. The molecule has 0 aliphatic heterocycles. The number of carbonyl (C=O) groups is 2. The van der Waals surface area contributed by atoms with Crippen LogP contribution in [-0.4, -0.2) is 37.3 Å². The molecule has 0 aliphatic rings. The summed E-state index contributed by atoms with van der Waals surface area (Å²) in [4.78, 5) is 25.0. The Hall–Kier alpha value is -1.65. The Balaban J connectivity index is 1.60. The van der Waals surface area contributed by atoms with Gasteiger partial charge in [-0.2, -0.15) is 0 Å². The summed E-state index contributed by atoms with van der Waals surface area (Å²) in [5, 5.41) is 0. The van der Waals surface area contributed by atoms with Crippen LogP contribution in [0, 0.1) is 3.14 Å². The van der Waals surface area contributed by atoms with Gasteiger partial charge in [0.05, 0.1) is 34.1 Å². The number of Topliss-reactive ketones (excluding diaryl/α,β-unsaturated/α-hetero) is 2. The molecule has 0 N–H and O–H groups in total. The lowest BCUT2D eigenvalue weighted by atomic mass is 10.1. The van der Waals surface area contributed by atoms with Crippen LogP contribution in [0.4, 0.5) is 0 Å². The zero-order valence-corrected chi connectivity index (χ0v) is 20.3. The highest BCUT2D eigenvalue weighted by Crippen LogP contribution is 2.41. The quantitative estimate of drug-likeness (QED) is 0.181. The number of hydrogen-bond donors (Lipinski definition) is 0. The van der Waals surface area contributed by atoms with Gasteiger partial charge in [0.25, 0.3) is 0 Å². The normalized spacial score (nSPS) is 10.6. The van der Waals surface area contributed by atoms with Crippen molar-refractivity contribution < 1.29 is 19.1 Å². The van der Waals surface area contributed by atoms with E-state index >= 15 is 0 Å². The number of carbonyl (C=O) groups excluding carboxylic acids is 2. The average Bonchev–Trinajstić information content (AvgIpc) is 3.15. The molecular weight excluding hydrogens is 477 g/mol. The largest absolute Gasteiger partial charge is 0.497 e. The van der Waals surface area contributed by atoms with Crippen molar-refractivity contribution in [2.75, 3.05) is 25.7 Å². The highest BCUT2D eigenvalue weighted by molar-refractivity contribution is 8.05. The topological polar surface area (TPSA) is 52.6 Å². The Labute approximate surface area is 196 Å². The van der Waals surface area contributed by atoms with Crippen molar-refractivity contribution in [3.63, 3.8) is 0 Å². The Kier molecular flexibility index (Phi) is 8.52. The van der Waals surface area contributed by atoms with Gasteiger partial charge in [0.2, 0.25) is 0 Å². The summed E-state index contributed by atoms with van der Waals surface area (Å²) in [6.07, 6.45) is 0. The Morgan fingerprint density at radius 2 is 1.13 bits per heavy atom. The molecule has 30 heavy (non-hydrogen) atoms. The van der Waals surface area contributed by atoms with E-state index in [1.54, 1.807) is 62.8 Å². The summed E-state index contributed by atoms with van der Waals surface area (Å²) < 4.78 is 13.0. The summed E-state index contributed by atoms with van der Waals surface area (Å²) in [5.41, 5.74) is 1.29. The Morgan fingerprint density at radius 3 is 1.47 bits per heavy atom. The lowest BCUT2D eigenvalue weighted by molar-refractivity contribution is 0.101. The first kappa shape index (κ1) is 23.0. The van der Waals surface area contributed by atoms with Gasteiger partial charge in [0.1, 0.15) is 14.6 Å². The zero-order chi connectivity index (χ0) is 21.5. The van der Waals surface area contributed by atoms with Crippen molar-refractivity contribution >= 4 is 70.0 Å². The minimum atomic E-state index is 0.0391. The van der Waals surface area contributed by atoms with Crippen LogP contribution in [0.15, 0.2) is 56.9 Å². The van der Waals surface area contributed by atoms with Crippen molar-refractivity contribution in [3.8, 4) is 11.5 Å². The molecule has 9 heteroatoms. The predicted octanol–water partition coefficient (Wildman–Crippen LogP) is 6.51. The standard InChI is InChI=1S/C21H18O4S5/c1-24-15-7-3-13(4-8-15)17(22)11-27-19-20(30-21(26)29-19)28-12-18(23)14-5-9-16(25-2)10-6-14/h3-10H,11-12H2,1-2H3. The minimum absolute atomic E-state index is 0.0391. The summed E-state index contributed by atoms with van der Waals surface area (Å²) in [6.45, 7) is 0. The average molecular weight is 495 g/mol. The third-order valence-electron chi connectivity index (χ3n) is 4.01. The van der Waals surface area contributed by atoms with E-state index < -0.39 is 0 Å². The molecule has 0 saturated carbocycles. The van der Waals surface area contributed by atoms with Crippen LogP contribution >= 0.6 is 58.4 Å². The highest BCUT2D eigenvalue weighted by atomic mass is 32.2. The predicted molar refractivity (Wildman–Crippen MR) is 129 cm³/mol. The summed E-state index contributed by atoms with van der Waals surface area (Å²) in [5.74, 6) is 2.14. The molecule has 3 rings (SSSR count). The number of hydrogen-bond acceptors (Lipinski definition) is 9. The van der Waals surface area contributed by atoms with Crippen LogP contribution in [0.1, 0.15) is 20.7 Å². The molecule has 1 heterocycles. The molecule has 0 radical (unpaired) electrons. The first-order chi connectivity index (χ1) is 14.5. The summed E-state index contributed by atoms with van der Waals surface area (Å²) >= 11 is 11.2. The Bertz CT molecular complexity index is 984. The molecule has 3 aromatic rings. The Morgan fingerprint density at radius 1 is 0.767 bits per heavy atom. The van der Waals surface area contributed by atoms with Gasteiger partial charge >= 0.3 is 0 Å². The smallest absolute Gasteiger partial charge is 0.173 e. The minimum Gasteiger partial charge on any atom is -0.497 e. The number of ketones is 2. The molecule has 0 amide bonds. The van der Waals surface area contributed by atoms with E-state index in [0.29, 0.717) is 22.6 Å². The van der Waals surface area contributed by atoms with E-state index in [9.17, 15) is 9.59 Å². The van der Waals surface area contributed by atoms with Gasteiger partial charge in [0.15, 0.2) is 11.6 Å². The molecule has 0 aliphatic carbocycles. The maximum Gasteiger partial charge on any atom is 0.173 e. The molecule has 0 fully saturated rings. The highest BCUT2D eigenvalue weighted by Gasteiger charge is 2.15. The van der Waals surface area contributed by atoms with Crippen LogP contribution in [-0.2, 0) is 0 Å². The van der Waals surface area contributed by atoms with E-state index in [-0.39, 0.29) is 11.6 Å². The first-order valence-electron chi connectivity index (χ1n) is 8.74. The van der Waals surface area contributed by atoms with Crippen LogP contribution in [0.2, 0.25) is 0 Å². The van der Waals surface area contributed by atoms with Gasteiger partial charge in [-0.1, -0.05) is 12.2 Å². The third-order valence-corrected chi connectivity index (χ3v) is 9.59. The second-order valence-corrected chi connectivity index (χ2v) is 11.6. The van der Waals surface area contributed by atoms with E-state index in [1.807, 2.05) is 0 Å². The lowest BCUT2D eigenvalue weighted by Gasteiger charge is -2.05. The maximum atomic E-state index is 12.5. The monoisotopic (exact) mass is 494 g/mol. The van der Waals surface area contributed by atoms with Crippen molar-refractivity contribution in [2.45, 2.75) is 8.42 Å². The van der Waals surface area contributed by atoms with Gasteiger partial charge < -0.3 is 9.47 Å². The molecule has 0 bridgehead atoms. The van der Waals surface area contributed by atoms with Crippen LogP contribution in [0.25, 0.3) is 0 Å². The molecule has 0 spiro atoms. The first-order valence-corrected chi connectivity index (χ1v) is 12.8. The molecule has 0 saturated heterocycles. The SMILES string of the molecule is COc1ccc(C(=O)CSc2sc(=S)sc2SCC(=O)c2ccc(OC)cc2)cc1. The van der Waals surface area contributed by atoms with Crippen LogP contribution < -0.4 is 9.47 Å². The van der Waals surface area contributed by atoms with Crippen molar-refractivity contribution in [1.82, 2.24) is 0 Å². The summed E-state index contributed by atoms with van der Waals surface area (Å²) in [7, 11) is 3.19. The number of ether oxygens (including phenoxy) is 2. The van der Waals surface area contributed by atoms with Crippen molar-refractivity contribution in [3.05, 3.63) is 62.8 Å². The van der Waals surface area contributed by atoms with E-state index in [2.05, 4.69) is 0 Å². The van der Waals surface area contributed by atoms with Gasteiger partial charge in [-0.3, -0.25) is 9.59 Å². The molecule has 2 aromatic carbocycles. The maximum absolute atomic E-state index is 12.5. The molecule has 4 nitrogen and oxygen atoms in total. The van der Waals surface area contributed by atoms with Crippen molar-refractivity contribution in [2.24, 2.45) is 0 Å². The van der Waals surface area contributed by atoms with Gasteiger partial charge in [-0.05, 0) is 48.5 Å². The van der Waals surface area contributed by atoms with Crippen LogP contribution in [0.5, 0.6) is 11.5 Å². The van der Waals surface area contributed by atoms with Crippen molar-refractivity contribution in [1.29, 1.82) is 0 Å². The number of benzene rings is 2. The lowest BCUT2D eigenvalue weighted by Crippen LogP contribution is -2.03. The fourth-order valence-electron chi connectivity index (χ4n) is 2.41. The fourth-order valence-corrected chi connectivity index (χ4v) is 8.31. The second kappa shape index (κ2) is 11.1. The fraction of sp³-hybridized carbons (Fsp3) is 0.190.